The molecule has 0 bridgehead atoms. The van der Waals surface area contributed by atoms with E-state index in [2.05, 4.69) is 44.6 Å². The lowest BCUT2D eigenvalue weighted by atomic mass is 10.0. The Kier molecular flexibility index (Phi) is 12.2. The molecule has 9 nitrogen and oxygen atoms in total. The zero-order chi connectivity index (χ0) is 30.5. The van der Waals surface area contributed by atoms with E-state index in [1.165, 1.54) is 5.01 Å². The summed E-state index contributed by atoms with van der Waals surface area (Å²) in [5.41, 5.74) is 9.81. The van der Waals surface area contributed by atoms with Gasteiger partial charge in [0.15, 0.2) is 0 Å². The van der Waals surface area contributed by atoms with Crippen LogP contribution in [0, 0.1) is 5.92 Å². The summed E-state index contributed by atoms with van der Waals surface area (Å²) in [7, 11) is -2.09. The first-order chi connectivity index (χ1) is 18.3. The fraction of sp³-hybridized carbons (Fsp3) is 0.667. The summed E-state index contributed by atoms with van der Waals surface area (Å²) in [5, 5.41) is 4.18. The lowest BCUT2D eigenvalue weighted by molar-refractivity contribution is -0.153. The normalized spacial score (nSPS) is 18.2. The molecule has 1 fully saturated rings. The molecular weight excluding hydrogens is 595 g/mol. The molecule has 1 heterocycles. The monoisotopic (exact) mass is 636 g/mol. The van der Waals surface area contributed by atoms with Gasteiger partial charge < -0.3 is 20.2 Å². The van der Waals surface area contributed by atoms with Crippen LogP contribution in [0.1, 0.15) is 53.0 Å². The van der Waals surface area contributed by atoms with E-state index in [0.29, 0.717) is 25.1 Å². The molecule has 2 amide bonds. The predicted molar refractivity (Wildman–Crippen MR) is 162 cm³/mol. The molecular formula is C27H43Cl3N4O5Si. The first kappa shape index (κ1) is 34.6. The molecule has 2 rings (SSSR count). The lowest BCUT2D eigenvalue weighted by Crippen LogP contribution is -2.61. The van der Waals surface area contributed by atoms with E-state index in [4.69, 9.17) is 49.7 Å². The summed E-state index contributed by atoms with van der Waals surface area (Å²) in [4.78, 5) is 39.2. The molecule has 1 aliphatic rings. The van der Waals surface area contributed by atoms with Crippen molar-refractivity contribution in [3.8, 4) is 5.75 Å². The number of nitrogens with two attached hydrogens (primary N) is 1. The van der Waals surface area contributed by atoms with E-state index in [1.54, 1.807) is 0 Å². The summed E-state index contributed by atoms with van der Waals surface area (Å²) >= 11 is 17.1. The highest BCUT2D eigenvalue weighted by Crippen LogP contribution is 2.37. The Hall–Kier alpha value is -1.56. The molecule has 1 aromatic rings. The summed E-state index contributed by atoms with van der Waals surface area (Å²) in [6, 6.07) is 5.01. The average Bonchev–Trinajstić information content (AvgIpc) is 2.84. The van der Waals surface area contributed by atoms with Gasteiger partial charge in [-0.2, -0.15) is 0 Å². The maximum absolute atomic E-state index is 13.7. The van der Waals surface area contributed by atoms with Crippen LogP contribution in [0.4, 0.5) is 0 Å². The van der Waals surface area contributed by atoms with Gasteiger partial charge in [-0.25, -0.2) is 5.43 Å². The van der Waals surface area contributed by atoms with Gasteiger partial charge in [-0.3, -0.25) is 19.4 Å². The van der Waals surface area contributed by atoms with E-state index in [-0.39, 0.29) is 17.4 Å². The molecule has 4 N–H and O–H groups in total. The molecule has 1 saturated heterocycles. The average molecular weight is 638 g/mol. The van der Waals surface area contributed by atoms with Gasteiger partial charge in [0.05, 0.1) is 6.04 Å². The smallest absolute Gasteiger partial charge is 0.325 e. The fourth-order valence-electron chi connectivity index (χ4n) is 3.75. The standard InChI is InChI=1S/C27H43Cl3N4O5Si/c1-17(2)22(31)23(35)32-21(15-18-10-8-11-19(14-18)39-40(6,7)26(3,4)5)24(36)34-13-9-12-20(33-34)25(37)38-16-27(28,29)30/h8,10-11,14,17,20-22,33H,9,12-13,15-16,31H2,1-7H3,(H,32,35). The number of benzene rings is 1. The quantitative estimate of drug-likeness (QED) is 0.196. The van der Waals surface area contributed by atoms with Crippen molar-refractivity contribution >= 4 is 60.9 Å². The van der Waals surface area contributed by atoms with Crippen LogP contribution in [-0.4, -0.2) is 66.2 Å². The molecule has 3 unspecified atom stereocenters. The Morgan fingerprint density at radius 1 is 1.20 bits per heavy atom. The first-order valence-electron chi connectivity index (χ1n) is 13.5. The van der Waals surface area contributed by atoms with E-state index < -0.39 is 54.6 Å². The van der Waals surface area contributed by atoms with E-state index in [1.807, 2.05) is 38.1 Å². The topological polar surface area (TPSA) is 123 Å². The highest BCUT2D eigenvalue weighted by molar-refractivity contribution is 6.74. The summed E-state index contributed by atoms with van der Waals surface area (Å²) in [5.74, 6) is -0.881. The number of esters is 1. The third kappa shape index (κ3) is 10.4. The molecule has 3 atom stereocenters. The molecule has 0 aliphatic carbocycles. The van der Waals surface area contributed by atoms with Gasteiger partial charge >= 0.3 is 5.97 Å². The second kappa shape index (κ2) is 14.1. The number of amides is 2. The van der Waals surface area contributed by atoms with E-state index in [0.717, 1.165) is 5.56 Å². The van der Waals surface area contributed by atoms with Crippen LogP contribution in [0.15, 0.2) is 24.3 Å². The number of hydrazine groups is 1. The third-order valence-corrected chi connectivity index (χ3v) is 12.0. The van der Waals surface area contributed by atoms with Gasteiger partial charge in [0.1, 0.15) is 24.4 Å². The number of carbonyl (C=O) groups excluding carboxylic acids is 3. The summed E-state index contributed by atoms with van der Waals surface area (Å²) in [6.07, 6.45) is 1.17. The van der Waals surface area contributed by atoms with Gasteiger partial charge in [0.2, 0.25) is 18.0 Å². The Morgan fingerprint density at radius 3 is 2.42 bits per heavy atom. The zero-order valence-corrected chi connectivity index (χ0v) is 27.6. The number of ether oxygens (including phenoxy) is 1. The molecule has 0 saturated carbocycles. The van der Waals surface area contributed by atoms with Crippen molar-refractivity contribution in [2.45, 2.75) is 93.9 Å². The molecule has 0 radical (unpaired) electrons. The van der Waals surface area contributed by atoms with Crippen molar-refractivity contribution in [3.05, 3.63) is 29.8 Å². The SMILES string of the molecule is CC(C)C(N)C(=O)NC(Cc1cccc(O[Si](C)(C)C(C)(C)C)c1)C(=O)N1CCCC(C(=O)OCC(Cl)(Cl)Cl)N1. The van der Waals surface area contributed by atoms with Crippen LogP contribution in [0.3, 0.4) is 0 Å². The largest absolute Gasteiger partial charge is 0.543 e. The minimum Gasteiger partial charge on any atom is -0.543 e. The third-order valence-electron chi connectivity index (χ3n) is 7.27. The van der Waals surface area contributed by atoms with Crippen molar-refractivity contribution < 1.29 is 23.5 Å². The highest BCUT2D eigenvalue weighted by atomic mass is 35.6. The number of halogens is 3. The second-order valence-electron chi connectivity index (χ2n) is 12.1. The molecule has 13 heteroatoms. The van der Waals surface area contributed by atoms with Gasteiger partial charge in [0.25, 0.3) is 5.91 Å². The first-order valence-corrected chi connectivity index (χ1v) is 17.5. The summed E-state index contributed by atoms with van der Waals surface area (Å²) < 4.78 is 9.80. The Bertz CT molecular complexity index is 1050. The van der Waals surface area contributed by atoms with Crippen LogP contribution >= 0.6 is 34.8 Å². The Morgan fingerprint density at radius 2 is 1.85 bits per heavy atom. The van der Waals surface area contributed by atoms with E-state index >= 15 is 0 Å². The number of rotatable bonds is 10. The maximum atomic E-state index is 13.7. The summed E-state index contributed by atoms with van der Waals surface area (Å²) in [6.45, 7) is 14.4. The molecule has 226 valence electrons. The van der Waals surface area contributed by atoms with Crippen molar-refractivity contribution in [2.75, 3.05) is 13.2 Å². The molecule has 1 aliphatic heterocycles. The highest BCUT2D eigenvalue weighted by Gasteiger charge is 2.39. The van der Waals surface area contributed by atoms with Crippen LogP contribution in [0.2, 0.25) is 18.1 Å². The number of hydrogen-bond donors (Lipinski definition) is 3. The van der Waals surface area contributed by atoms with Gasteiger partial charge in [-0.05, 0) is 54.6 Å². The van der Waals surface area contributed by atoms with Gasteiger partial charge in [-0.1, -0.05) is 81.6 Å². The molecule has 0 spiro atoms. The van der Waals surface area contributed by atoms with Crippen LogP contribution in [0.25, 0.3) is 0 Å². The minimum absolute atomic E-state index is 0.0128. The number of carbonyl (C=O) groups is 3. The van der Waals surface area contributed by atoms with Crippen LogP contribution in [0.5, 0.6) is 5.75 Å². The minimum atomic E-state index is -2.09. The van der Waals surface area contributed by atoms with Crippen LogP contribution in [-0.2, 0) is 25.5 Å². The van der Waals surface area contributed by atoms with Gasteiger partial charge in [0, 0.05) is 13.0 Å². The fourth-order valence-corrected chi connectivity index (χ4v) is 4.93. The number of nitrogens with one attached hydrogen (secondary N) is 2. The maximum Gasteiger partial charge on any atom is 0.325 e. The molecule has 40 heavy (non-hydrogen) atoms. The molecule has 1 aromatic carbocycles. The Labute approximate surface area is 253 Å². The number of hydrogen-bond acceptors (Lipinski definition) is 7. The van der Waals surface area contributed by atoms with Crippen molar-refractivity contribution in [1.29, 1.82) is 0 Å². The molecule has 0 aromatic heterocycles. The predicted octanol–water partition coefficient (Wildman–Crippen LogP) is 4.49. The van der Waals surface area contributed by atoms with Crippen LogP contribution < -0.4 is 20.9 Å². The number of alkyl halides is 3. The zero-order valence-electron chi connectivity index (χ0n) is 24.4. The second-order valence-corrected chi connectivity index (χ2v) is 19.3. The van der Waals surface area contributed by atoms with Gasteiger partial charge in [-0.15, -0.1) is 0 Å². The van der Waals surface area contributed by atoms with Crippen molar-refractivity contribution in [2.24, 2.45) is 11.7 Å². The number of nitrogens with zero attached hydrogens (tertiary/aromatic N) is 1. The van der Waals surface area contributed by atoms with Crippen molar-refractivity contribution in [3.63, 3.8) is 0 Å². The van der Waals surface area contributed by atoms with E-state index in [9.17, 15) is 14.4 Å². The Balaban J connectivity index is 2.25. The van der Waals surface area contributed by atoms with Crippen molar-refractivity contribution in [1.82, 2.24) is 15.8 Å². The lowest BCUT2D eigenvalue weighted by Gasteiger charge is -2.36.